The average Bonchev–Trinajstić information content (AvgIpc) is 3.81. The molecule has 54 heavy (non-hydrogen) atoms. The summed E-state index contributed by atoms with van der Waals surface area (Å²) >= 11 is 0. The number of hydrogen-bond acceptors (Lipinski definition) is 9. The van der Waals surface area contributed by atoms with E-state index in [0.717, 1.165) is 94.4 Å². The molecule has 4 aromatic rings. The molecule has 1 amide bonds. The van der Waals surface area contributed by atoms with Crippen LogP contribution in [0.15, 0.2) is 95.0 Å². The van der Waals surface area contributed by atoms with Crippen molar-refractivity contribution in [2.45, 2.75) is 73.3 Å². The van der Waals surface area contributed by atoms with Crippen molar-refractivity contribution in [1.82, 2.24) is 14.5 Å². The first-order valence-corrected chi connectivity index (χ1v) is 20.2. The number of nitro groups is 1. The van der Waals surface area contributed by atoms with E-state index in [0.29, 0.717) is 12.5 Å². The number of non-ortho nitro benzene ring substituents is 1. The number of nitrogens with zero attached hydrogens (tertiary/aromatic N) is 5. The molecule has 2 aliphatic heterocycles. The standard InChI is InChI=1S/C40H47FN6O6S/c1-2-38-43-18-21-45(38)27-40(30-6-3-7-31(41)22-30,36-10-5-11-37(36)53-39(42)48)29-16-19-44(20-17-29)24-28-25-46(26-28)32-12-14-34(15-13-32)54(51,52)35-9-4-8-33(23-35)47(49)50/h3-4,6-9,12-15,18,21-23,28-29,36-37H,2,5,10-11,16-17,19-20,24-27H2,1H3,(H2,42,48)/t36-,37-,40?/m0/s1. The summed E-state index contributed by atoms with van der Waals surface area (Å²) in [5.41, 5.74) is 6.67. The van der Waals surface area contributed by atoms with Crippen LogP contribution >= 0.6 is 0 Å². The fourth-order valence-electron chi connectivity index (χ4n) is 9.38. The number of nitrogens with two attached hydrogens (primary N) is 1. The molecule has 2 N–H and O–H groups in total. The monoisotopic (exact) mass is 758 g/mol. The van der Waals surface area contributed by atoms with Crippen LogP contribution in [0.2, 0.25) is 0 Å². The Balaban J connectivity index is 1.04. The van der Waals surface area contributed by atoms with Gasteiger partial charge in [-0.3, -0.25) is 10.1 Å². The number of hydrogen-bond donors (Lipinski definition) is 1. The number of rotatable bonds is 13. The largest absolute Gasteiger partial charge is 0.446 e. The number of imidazole rings is 1. The van der Waals surface area contributed by atoms with E-state index in [1.165, 1.54) is 24.3 Å². The first-order chi connectivity index (χ1) is 26.0. The normalized spacial score (nSPS) is 21.0. The molecule has 3 atom stereocenters. The van der Waals surface area contributed by atoms with Crippen molar-refractivity contribution in [2.24, 2.45) is 23.5 Å². The Labute approximate surface area is 315 Å². The van der Waals surface area contributed by atoms with E-state index in [9.17, 15) is 23.3 Å². The number of carbonyl (C=O) groups excluding carboxylic acids is 1. The molecular formula is C40H47FN6O6S. The number of aromatic nitrogens is 2. The lowest BCUT2D eigenvalue weighted by atomic mass is 9.58. The maximum atomic E-state index is 15.1. The molecule has 286 valence electrons. The highest BCUT2D eigenvalue weighted by atomic mass is 32.2. The van der Waals surface area contributed by atoms with E-state index in [1.807, 2.05) is 18.5 Å². The van der Waals surface area contributed by atoms with Gasteiger partial charge in [-0.2, -0.15) is 0 Å². The summed E-state index contributed by atoms with van der Waals surface area (Å²) in [4.78, 5) is 32.0. The molecule has 3 aromatic carbocycles. The zero-order valence-electron chi connectivity index (χ0n) is 30.4. The van der Waals surface area contributed by atoms with Crippen LogP contribution in [0.5, 0.6) is 0 Å². The number of nitro benzene ring substituents is 1. The van der Waals surface area contributed by atoms with Crippen LogP contribution in [0, 0.1) is 33.7 Å². The van der Waals surface area contributed by atoms with Crippen LogP contribution in [0.4, 0.5) is 20.6 Å². The van der Waals surface area contributed by atoms with E-state index in [2.05, 4.69) is 26.3 Å². The number of amides is 1. The Kier molecular flexibility index (Phi) is 10.8. The maximum Gasteiger partial charge on any atom is 0.404 e. The summed E-state index contributed by atoms with van der Waals surface area (Å²) in [5.74, 6) is 1.29. The van der Waals surface area contributed by atoms with E-state index < -0.39 is 26.3 Å². The second-order valence-corrected chi connectivity index (χ2v) is 16.9. The van der Waals surface area contributed by atoms with Crippen molar-refractivity contribution in [3.05, 3.63) is 113 Å². The van der Waals surface area contributed by atoms with Gasteiger partial charge in [-0.1, -0.05) is 25.1 Å². The molecule has 3 heterocycles. The van der Waals surface area contributed by atoms with Crippen molar-refractivity contribution in [3.8, 4) is 0 Å². The van der Waals surface area contributed by atoms with E-state index >= 15 is 4.39 Å². The number of halogens is 1. The fourth-order valence-corrected chi connectivity index (χ4v) is 10.7. The molecule has 2 saturated heterocycles. The molecule has 0 bridgehead atoms. The smallest absolute Gasteiger partial charge is 0.404 e. The van der Waals surface area contributed by atoms with Crippen molar-refractivity contribution in [3.63, 3.8) is 0 Å². The summed E-state index contributed by atoms with van der Waals surface area (Å²) in [6.07, 6.45) is 7.75. The van der Waals surface area contributed by atoms with Gasteiger partial charge in [0.1, 0.15) is 17.7 Å². The molecule has 1 aliphatic carbocycles. The summed E-state index contributed by atoms with van der Waals surface area (Å²) in [6, 6.07) is 18.8. The van der Waals surface area contributed by atoms with Crippen molar-refractivity contribution >= 4 is 27.3 Å². The minimum atomic E-state index is -3.90. The van der Waals surface area contributed by atoms with Gasteiger partial charge in [0.25, 0.3) is 5.69 Å². The lowest BCUT2D eigenvalue weighted by molar-refractivity contribution is -0.385. The van der Waals surface area contributed by atoms with E-state index in [-0.39, 0.29) is 39.2 Å². The summed E-state index contributed by atoms with van der Waals surface area (Å²) in [7, 11) is -3.90. The third kappa shape index (κ3) is 7.45. The second kappa shape index (κ2) is 15.5. The lowest BCUT2D eigenvalue weighted by Gasteiger charge is -2.51. The molecule has 3 fully saturated rings. The molecule has 3 aliphatic rings. The van der Waals surface area contributed by atoms with E-state index in [1.54, 1.807) is 36.4 Å². The predicted octanol–water partition coefficient (Wildman–Crippen LogP) is 6.38. The number of anilines is 1. The van der Waals surface area contributed by atoms with Crippen LogP contribution in [0.1, 0.15) is 50.4 Å². The molecule has 0 radical (unpaired) electrons. The quantitative estimate of drug-likeness (QED) is 0.121. The highest BCUT2D eigenvalue weighted by Crippen LogP contribution is 2.52. The van der Waals surface area contributed by atoms with Crippen LogP contribution in [-0.2, 0) is 33.0 Å². The molecule has 7 rings (SSSR count). The van der Waals surface area contributed by atoms with Crippen molar-refractivity contribution in [1.29, 1.82) is 0 Å². The molecular weight excluding hydrogens is 712 g/mol. The third-order valence-corrected chi connectivity index (χ3v) is 13.7. The highest BCUT2D eigenvalue weighted by molar-refractivity contribution is 7.91. The first-order valence-electron chi connectivity index (χ1n) is 18.8. The Morgan fingerprint density at radius 3 is 2.44 bits per heavy atom. The van der Waals surface area contributed by atoms with Crippen molar-refractivity contribution in [2.75, 3.05) is 37.6 Å². The van der Waals surface area contributed by atoms with Crippen LogP contribution < -0.4 is 10.6 Å². The van der Waals surface area contributed by atoms with Gasteiger partial charge in [0.2, 0.25) is 9.84 Å². The van der Waals surface area contributed by atoms with Gasteiger partial charge in [-0.05, 0) is 99.1 Å². The van der Waals surface area contributed by atoms with Gasteiger partial charge in [0.15, 0.2) is 0 Å². The predicted molar refractivity (Wildman–Crippen MR) is 201 cm³/mol. The number of piperidine rings is 1. The third-order valence-electron chi connectivity index (χ3n) is 11.9. The highest BCUT2D eigenvalue weighted by Gasteiger charge is 2.53. The molecule has 1 saturated carbocycles. The number of primary amides is 1. The molecule has 14 heteroatoms. The number of likely N-dealkylation sites (tertiary alicyclic amines) is 1. The summed E-state index contributed by atoms with van der Waals surface area (Å²) in [5, 5.41) is 11.2. The maximum absolute atomic E-state index is 15.1. The number of aryl methyl sites for hydroxylation is 1. The summed E-state index contributed by atoms with van der Waals surface area (Å²) < 4.78 is 49.4. The fraction of sp³-hybridized carbons (Fsp3) is 0.450. The number of carbonyl (C=O) groups is 1. The van der Waals surface area contributed by atoms with Crippen molar-refractivity contribution < 1.29 is 27.3 Å². The van der Waals surface area contributed by atoms with Gasteiger partial charge >= 0.3 is 6.09 Å². The lowest BCUT2D eigenvalue weighted by Crippen LogP contribution is -2.55. The zero-order valence-corrected chi connectivity index (χ0v) is 31.2. The molecule has 1 aromatic heterocycles. The Morgan fingerprint density at radius 2 is 1.76 bits per heavy atom. The minimum Gasteiger partial charge on any atom is -0.446 e. The molecule has 12 nitrogen and oxygen atoms in total. The van der Waals surface area contributed by atoms with Gasteiger partial charge in [-0.15, -0.1) is 0 Å². The van der Waals surface area contributed by atoms with E-state index in [4.69, 9.17) is 10.5 Å². The SMILES string of the molecule is CCc1nccn1CC(c1cccc(F)c1)(C1CCN(CC2CN(c3ccc(S(=O)(=O)c4cccc([N+](=O)[O-])c4)cc3)C2)CC1)[C@H]1CCC[C@@H]1OC(N)=O. The Morgan fingerprint density at radius 1 is 1.02 bits per heavy atom. The second-order valence-electron chi connectivity index (χ2n) is 15.0. The minimum absolute atomic E-state index is 0.0387. The molecule has 1 unspecified atom stereocenters. The first kappa shape index (κ1) is 37.5. The van der Waals surface area contributed by atoms with Gasteiger partial charge < -0.3 is 24.8 Å². The van der Waals surface area contributed by atoms with Crippen LogP contribution in [0.3, 0.4) is 0 Å². The van der Waals surface area contributed by atoms with Gasteiger partial charge in [-0.25, -0.2) is 22.6 Å². The average molecular weight is 759 g/mol. The topological polar surface area (TPSA) is 154 Å². The summed E-state index contributed by atoms with van der Waals surface area (Å²) in [6.45, 7) is 7.10. The van der Waals surface area contributed by atoms with Crippen LogP contribution in [-0.4, -0.2) is 72.7 Å². The van der Waals surface area contributed by atoms with Gasteiger partial charge in [0, 0.05) is 80.1 Å². The van der Waals surface area contributed by atoms with Gasteiger partial charge in [0.05, 0.1) is 14.7 Å². The molecule has 0 spiro atoms. The van der Waals surface area contributed by atoms with Crippen LogP contribution in [0.25, 0.3) is 0 Å². The number of sulfone groups is 1. The number of ether oxygens (including phenoxy) is 1. The number of benzene rings is 3. The Hall–Kier alpha value is -4.82. The zero-order chi connectivity index (χ0) is 38.0. The Bertz CT molecular complexity index is 2080.